The molecule has 0 aliphatic carbocycles. The zero-order chi connectivity index (χ0) is 12.4. The van der Waals surface area contributed by atoms with E-state index in [1.807, 2.05) is 30.3 Å². The molecule has 0 spiro atoms. The first-order valence-corrected chi connectivity index (χ1v) is 6.23. The van der Waals surface area contributed by atoms with Crippen molar-refractivity contribution < 1.29 is 0 Å². The van der Waals surface area contributed by atoms with Crippen LogP contribution in [0.2, 0.25) is 0 Å². The summed E-state index contributed by atoms with van der Waals surface area (Å²) in [5, 5.41) is 3.34. The average Bonchev–Trinajstić information content (AvgIpc) is 2.47. The van der Waals surface area contributed by atoms with Gasteiger partial charge in [0.15, 0.2) is 5.82 Å². The summed E-state index contributed by atoms with van der Waals surface area (Å²) in [6.45, 7) is 2.27. The van der Waals surface area contributed by atoms with Gasteiger partial charge in [0.2, 0.25) is 0 Å². The fourth-order valence-corrected chi connectivity index (χ4v) is 2.32. The van der Waals surface area contributed by atoms with Gasteiger partial charge in [-0.2, -0.15) is 0 Å². The van der Waals surface area contributed by atoms with Crippen molar-refractivity contribution in [3.63, 3.8) is 0 Å². The van der Waals surface area contributed by atoms with Crippen molar-refractivity contribution in [3.05, 3.63) is 47.3 Å². The molecule has 2 aromatic rings. The zero-order valence-corrected chi connectivity index (χ0v) is 10.2. The number of nitrogens with zero attached hydrogens (tertiary/aromatic N) is 2. The lowest BCUT2D eigenvalue weighted by Crippen LogP contribution is -2.27. The van der Waals surface area contributed by atoms with Gasteiger partial charge in [0, 0.05) is 18.7 Å². The molecule has 1 aromatic carbocycles. The molecule has 0 unspecified atom stereocenters. The van der Waals surface area contributed by atoms with Crippen LogP contribution in [0.25, 0.3) is 11.4 Å². The quantitative estimate of drug-likeness (QED) is 0.829. The van der Waals surface area contributed by atoms with Crippen LogP contribution >= 0.6 is 0 Å². The minimum atomic E-state index is 0.477. The predicted octanol–water partition coefficient (Wildman–Crippen LogP) is 1.25. The molecule has 4 nitrogen and oxygen atoms in total. The van der Waals surface area contributed by atoms with E-state index >= 15 is 0 Å². The van der Waals surface area contributed by atoms with Crippen LogP contribution in [-0.4, -0.2) is 16.5 Å². The van der Waals surface area contributed by atoms with E-state index in [-0.39, 0.29) is 0 Å². The van der Waals surface area contributed by atoms with E-state index in [2.05, 4.69) is 15.3 Å². The fraction of sp³-hybridized carbons (Fsp3) is 0.286. The third kappa shape index (κ3) is 2.00. The summed E-state index contributed by atoms with van der Waals surface area (Å²) < 4.78 is 0. The standard InChI is InChI=1S/C14H16N4/c15-8-12-11-6-7-16-9-13(11)18-14(17-12)10-4-2-1-3-5-10/h1-5,16H,6-9,15H2. The molecule has 18 heavy (non-hydrogen) atoms. The largest absolute Gasteiger partial charge is 0.325 e. The molecule has 1 aromatic heterocycles. The van der Waals surface area contributed by atoms with E-state index in [0.717, 1.165) is 42.3 Å². The molecule has 0 bridgehead atoms. The second-order valence-corrected chi connectivity index (χ2v) is 4.42. The number of benzene rings is 1. The third-order valence-electron chi connectivity index (χ3n) is 3.25. The molecular weight excluding hydrogens is 224 g/mol. The SMILES string of the molecule is NCc1nc(-c2ccccc2)nc2c1CCNC2. The van der Waals surface area contributed by atoms with E-state index in [0.29, 0.717) is 6.54 Å². The van der Waals surface area contributed by atoms with Crippen molar-refractivity contribution in [2.75, 3.05) is 6.54 Å². The third-order valence-corrected chi connectivity index (χ3v) is 3.25. The van der Waals surface area contributed by atoms with E-state index < -0.39 is 0 Å². The Morgan fingerprint density at radius 3 is 2.78 bits per heavy atom. The Balaban J connectivity index is 2.12. The molecule has 1 aliphatic heterocycles. The van der Waals surface area contributed by atoms with Gasteiger partial charge in [-0.15, -0.1) is 0 Å². The van der Waals surface area contributed by atoms with Crippen molar-refractivity contribution in [1.29, 1.82) is 0 Å². The van der Waals surface area contributed by atoms with Gasteiger partial charge < -0.3 is 11.1 Å². The second kappa shape index (κ2) is 4.84. The highest BCUT2D eigenvalue weighted by Gasteiger charge is 2.16. The lowest BCUT2D eigenvalue weighted by molar-refractivity contribution is 0.616. The van der Waals surface area contributed by atoms with Crippen LogP contribution in [0.4, 0.5) is 0 Å². The summed E-state index contributed by atoms with van der Waals surface area (Å²) in [4.78, 5) is 9.27. The molecule has 0 radical (unpaired) electrons. The van der Waals surface area contributed by atoms with E-state index in [9.17, 15) is 0 Å². The maximum Gasteiger partial charge on any atom is 0.159 e. The molecular formula is C14H16N4. The summed E-state index contributed by atoms with van der Waals surface area (Å²) >= 11 is 0. The van der Waals surface area contributed by atoms with Crippen LogP contribution in [-0.2, 0) is 19.5 Å². The minimum Gasteiger partial charge on any atom is -0.325 e. The molecule has 92 valence electrons. The van der Waals surface area contributed by atoms with E-state index in [4.69, 9.17) is 5.73 Å². The van der Waals surface area contributed by atoms with Crippen LogP contribution in [0.1, 0.15) is 17.0 Å². The highest BCUT2D eigenvalue weighted by Crippen LogP contribution is 2.21. The first kappa shape index (κ1) is 11.3. The number of nitrogens with two attached hydrogens (primary N) is 1. The Kier molecular flexibility index (Phi) is 3.04. The number of rotatable bonds is 2. The Bertz CT molecular complexity index is 534. The summed E-state index contributed by atoms with van der Waals surface area (Å²) in [5.74, 6) is 0.776. The lowest BCUT2D eigenvalue weighted by atomic mass is 10.0. The summed E-state index contributed by atoms with van der Waals surface area (Å²) in [5.41, 5.74) is 10.2. The maximum atomic E-state index is 5.81. The first-order valence-electron chi connectivity index (χ1n) is 6.23. The van der Waals surface area contributed by atoms with Gasteiger partial charge in [-0.25, -0.2) is 9.97 Å². The Morgan fingerprint density at radius 1 is 1.17 bits per heavy atom. The van der Waals surface area contributed by atoms with Crippen LogP contribution in [0.3, 0.4) is 0 Å². The van der Waals surface area contributed by atoms with Crippen molar-refractivity contribution in [2.24, 2.45) is 5.73 Å². The lowest BCUT2D eigenvalue weighted by Gasteiger charge is -2.19. The summed E-state index contributed by atoms with van der Waals surface area (Å²) in [6.07, 6.45) is 0.969. The number of aromatic nitrogens is 2. The van der Waals surface area contributed by atoms with Crippen LogP contribution in [0.15, 0.2) is 30.3 Å². The molecule has 1 aliphatic rings. The van der Waals surface area contributed by atoms with Gasteiger partial charge >= 0.3 is 0 Å². The Hall–Kier alpha value is -1.78. The maximum absolute atomic E-state index is 5.81. The predicted molar refractivity (Wildman–Crippen MR) is 70.8 cm³/mol. The van der Waals surface area contributed by atoms with Gasteiger partial charge in [0.25, 0.3) is 0 Å². The van der Waals surface area contributed by atoms with Gasteiger partial charge in [-0.3, -0.25) is 0 Å². The molecule has 0 saturated heterocycles. The van der Waals surface area contributed by atoms with Gasteiger partial charge in [0.1, 0.15) is 0 Å². The fourth-order valence-electron chi connectivity index (χ4n) is 2.32. The minimum absolute atomic E-state index is 0.477. The smallest absolute Gasteiger partial charge is 0.159 e. The van der Waals surface area contributed by atoms with Crippen LogP contribution in [0.5, 0.6) is 0 Å². The molecule has 0 atom stereocenters. The number of nitrogens with one attached hydrogen (secondary N) is 1. The molecule has 3 rings (SSSR count). The van der Waals surface area contributed by atoms with E-state index in [1.165, 1.54) is 5.56 Å². The number of hydrogen-bond acceptors (Lipinski definition) is 4. The Labute approximate surface area is 106 Å². The highest BCUT2D eigenvalue weighted by atomic mass is 15.0. The normalized spacial score (nSPS) is 14.3. The molecule has 2 heterocycles. The Morgan fingerprint density at radius 2 is 2.00 bits per heavy atom. The highest BCUT2D eigenvalue weighted by molar-refractivity contribution is 5.55. The zero-order valence-electron chi connectivity index (χ0n) is 10.2. The topological polar surface area (TPSA) is 63.8 Å². The van der Waals surface area contributed by atoms with Gasteiger partial charge in [0.05, 0.1) is 11.4 Å². The molecule has 0 fully saturated rings. The average molecular weight is 240 g/mol. The number of hydrogen-bond donors (Lipinski definition) is 2. The first-order chi connectivity index (χ1) is 8.88. The molecule has 0 amide bonds. The van der Waals surface area contributed by atoms with Crippen LogP contribution in [0, 0.1) is 0 Å². The van der Waals surface area contributed by atoms with Gasteiger partial charge in [-0.05, 0) is 18.5 Å². The van der Waals surface area contributed by atoms with Crippen molar-refractivity contribution in [3.8, 4) is 11.4 Å². The number of fused-ring (bicyclic) bond motifs is 1. The molecule has 4 heteroatoms. The second-order valence-electron chi connectivity index (χ2n) is 4.42. The monoisotopic (exact) mass is 240 g/mol. The molecule has 0 saturated carbocycles. The van der Waals surface area contributed by atoms with Crippen molar-refractivity contribution >= 4 is 0 Å². The summed E-state index contributed by atoms with van der Waals surface area (Å²) in [7, 11) is 0. The summed E-state index contributed by atoms with van der Waals surface area (Å²) in [6, 6.07) is 10.0. The van der Waals surface area contributed by atoms with Crippen molar-refractivity contribution in [1.82, 2.24) is 15.3 Å². The van der Waals surface area contributed by atoms with Crippen LogP contribution < -0.4 is 11.1 Å². The molecule has 3 N–H and O–H groups in total. The van der Waals surface area contributed by atoms with E-state index in [1.54, 1.807) is 0 Å². The van der Waals surface area contributed by atoms with Crippen molar-refractivity contribution in [2.45, 2.75) is 19.5 Å². The van der Waals surface area contributed by atoms with Gasteiger partial charge in [-0.1, -0.05) is 30.3 Å².